The fourth-order valence-corrected chi connectivity index (χ4v) is 2.78. The van der Waals surface area contributed by atoms with Gasteiger partial charge in [-0.25, -0.2) is 0 Å². The molecular weight excluding hydrogens is 275 g/mol. The molecule has 2 heteroatoms. The highest BCUT2D eigenvalue weighted by molar-refractivity contribution is 6.35. The van der Waals surface area contributed by atoms with Gasteiger partial charge in [0, 0.05) is 10.0 Å². The van der Waals surface area contributed by atoms with Crippen LogP contribution in [0.5, 0.6) is 0 Å². The molecule has 2 rings (SSSR count). The van der Waals surface area contributed by atoms with E-state index < -0.39 is 0 Å². The summed E-state index contributed by atoms with van der Waals surface area (Å²) in [6.07, 6.45) is 0.895. The molecule has 0 aliphatic carbocycles. The summed E-state index contributed by atoms with van der Waals surface area (Å²) >= 11 is 12.2. The number of rotatable bonds is 3. The van der Waals surface area contributed by atoms with Crippen LogP contribution in [0.4, 0.5) is 0 Å². The number of halogens is 2. The van der Waals surface area contributed by atoms with Crippen LogP contribution in [-0.4, -0.2) is 0 Å². The van der Waals surface area contributed by atoms with E-state index in [0.29, 0.717) is 5.02 Å². The van der Waals surface area contributed by atoms with Gasteiger partial charge in [0.2, 0.25) is 0 Å². The zero-order valence-corrected chi connectivity index (χ0v) is 13.0. The van der Waals surface area contributed by atoms with E-state index in [0.717, 1.165) is 17.0 Å². The summed E-state index contributed by atoms with van der Waals surface area (Å²) in [5.74, 6) is 0. The van der Waals surface area contributed by atoms with Crippen LogP contribution < -0.4 is 0 Å². The molecule has 0 nitrogen and oxygen atoms in total. The molecule has 0 spiro atoms. The zero-order chi connectivity index (χ0) is 14.0. The van der Waals surface area contributed by atoms with E-state index in [-0.39, 0.29) is 5.41 Å². The van der Waals surface area contributed by atoms with Crippen molar-refractivity contribution in [1.82, 2.24) is 0 Å². The lowest BCUT2D eigenvalue weighted by Gasteiger charge is -2.26. The molecule has 0 fully saturated rings. The maximum atomic E-state index is 6.27. The van der Waals surface area contributed by atoms with Crippen molar-refractivity contribution in [3.63, 3.8) is 0 Å². The fraction of sp³-hybridized carbons (Fsp3) is 0.294. The first-order chi connectivity index (χ1) is 8.88. The Morgan fingerprint density at radius 1 is 1.00 bits per heavy atom. The predicted molar refractivity (Wildman–Crippen MR) is 84.4 cm³/mol. The molecule has 0 N–H and O–H groups in total. The maximum absolute atomic E-state index is 6.27. The van der Waals surface area contributed by atoms with Crippen molar-refractivity contribution in [1.29, 1.82) is 0 Å². The molecule has 0 saturated heterocycles. The van der Waals surface area contributed by atoms with Crippen molar-refractivity contribution in [2.75, 3.05) is 0 Å². The van der Waals surface area contributed by atoms with Gasteiger partial charge in [-0.3, -0.25) is 0 Å². The van der Waals surface area contributed by atoms with Crippen molar-refractivity contribution < 1.29 is 0 Å². The lowest BCUT2D eigenvalue weighted by atomic mass is 9.79. The van der Waals surface area contributed by atoms with Gasteiger partial charge in [0.25, 0.3) is 0 Å². The standard InChI is InChI=1S/C17H18Cl2/c1-12-5-4-6-14(9-12)17(2,3)11-13-7-8-15(18)10-16(13)19/h4-10H,11H2,1-3H3. The largest absolute Gasteiger partial charge is 0.0843 e. The fourth-order valence-electron chi connectivity index (χ4n) is 2.31. The number of aryl methyl sites for hydroxylation is 1. The molecule has 0 unspecified atom stereocenters. The number of benzene rings is 2. The van der Waals surface area contributed by atoms with Crippen molar-refractivity contribution in [2.24, 2.45) is 0 Å². The Hall–Kier alpha value is -0.980. The van der Waals surface area contributed by atoms with Crippen molar-refractivity contribution in [3.8, 4) is 0 Å². The second-order valence-corrected chi connectivity index (χ2v) is 6.51. The van der Waals surface area contributed by atoms with Crippen LogP contribution in [0, 0.1) is 6.92 Å². The van der Waals surface area contributed by atoms with Crippen LogP contribution in [0.25, 0.3) is 0 Å². The van der Waals surface area contributed by atoms with Crippen LogP contribution in [0.2, 0.25) is 10.0 Å². The molecule has 0 bridgehead atoms. The molecule has 2 aromatic carbocycles. The summed E-state index contributed by atoms with van der Waals surface area (Å²) in [5, 5.41) is 1.43. The summed E-state index contributed by atoms with van der Waals surface area (Å²) in [6, 6.07) is 14.4. The van der Waals surface area contributed by atoms with E-state index in [9.17, 15) is 0 Å². The van der Waals surface area contributed by atoms with E-state index in [1.807, 2.05) is 18.2 Å². The molecular formula is C17H18Cl2. The Balaban J connectivity index is 2.30. The summed E-state index contributed by atoms with van der Waals surface area (Å²) in [7, 11) is 0. The smallest absolute Gasteiger partial charge is 0.0453 e. The lowest BCUT2D eigenvalue weighted by Crippen LogP contribution is -2.20. The molecule has 100 valence electrons. The molecule has 0 aromatic heterocycles. The van der Waals surface area contributed by atoms with Crippen LogP contribution >= 0.6 is 23.2 Å². The SMILES string of the molecule is Cc1cccc(C(C)(C)Cc2ccc(Cl)cc2Cl)c1. The minimum atomic E-state index is 0.0451. The predicted octanol–water partition coefficient (Wildman–Crippen LogP) is 5.82. The van der Waals surface area contributed by atoms with Crippen LogP contribution in [0.15, 0.2) is 42.5 Å². The second kappa shape index (κ2) is 5.56. The quantitative estimate of drug-likeness (QED) is 0.668. The van der Waals surface area contributed by atoms with E-state index in [1.54, 1.807) is 0 Å². The zero-order valence-electron chi connectivity index (χ0n) is 11.5. The monoisotopic (exact) mass is 292 g/mol. The number of hydrogen-bond acceptors (Lipinski definition) is 0. The molecule has 0 amide bonds. The van der Waals surface area contributed by atoms with Gasteiger partial charge in [-0.1, -0.05) is 72.9 Å². The van der Waals surface area contributed by atoms with Crippen LogP contribution in [-0.2, 0) is 11.8 Å². The van der Waals surface area contributed by atoms with Crippen LogP contribution in [0.3, 0.4) is 0 Å². The first-order valence-corrected chi connectivity index (χ1v) is 7.15. The number of hydrogen-bond donors (Lipinski definition) is 0. The van der Waals surface area contributed by atoms with E-state index in [4.69, 9.17) is 23.2 Å². The topological polar surface area (TPSA) is 0 Å². The third kappa shape index (κ3) is 3.52. The Kier molecular flexibility index (Phi) is 4.23. The summed E-state index contributed by atoms with van der Waals surface area (Å²) in [4.78, 5) is 0. The highest BCUT2D eigenvalue weighted by Gasteiger charge is 2.22. The van der Waals surface area contributed by atoms with Gasteiger partial charge in [-0.05, 0) is 42.0 Å². The normalized spacial score (nSPS) is 11.6. The van der Waals surface area contributed by atoms with Gasteiger partial charge in [-0.2, -0.15) is 0 Å². The Morgan fingerprint density at radius 3 is 2.37 bits per heavy atom. The average molecular weight is 293 g/mol. The average Bonchev–Trinajstić information content (AvgIpc) is 2.33. The van der Waals surface area contributed by atoms with Crippen molar-refractivity contribution in [2.45, 2.75) is 32.6 Å². The summed E-state index contributed by atoms with van der Waals surface area (Å²) in [6.45, 7) is 6.61. The van der Waals surface area contributed by atoms with Crippen molar-refractivity contribution >= 4 is 23.2 Å². The first-order valence-electron chi connectivity index (χ1n) is 6.39. The molecule has 0 radical (unpaired) electrons. The van der Waals surface area contributed by atoms with E-state index in [2.05, 4.69) is 45.0 Å². The minimum absolute atomic E-state index is 0.0451. The molecule has 0 aliphatic heterocycles. The molecule has 0 heterocycles. The maximum Gasteiger partial charge on any atom is 0.0453 e. The van der Waals surface area contributed by atoms with E-state index >= 15 is 0 Å². The second-order valence-electron chi connectivity index (χ2n) is 5.67. The molecule has 19 heavy (non-hydrogen) atoms. The van der Waals surface area contributed by atoms with Crippen LogP contribution in [0.1, 0.15) is 30.5 Å². The Morgan fingerprint density at radius 2 is 1.74 bits per heavy atom. The Bertz CT molecular complexity index is 586. The van der Waals surface area contributed by atoms with Gasteiger partial charge in [0.15, 0.2) is 0 Å². The lowest BCUT2D eigenvalue weighted by molar-refractivity contribution is 0.522. The van der Waals surface area contributed by atoms with Gasteiger partial charge in [0.1, 0.15) is 0 Å². The van der Waals surface area contributed by atoms with Gasteiger partial charge >= 0.3 is 0 Å². The summed E-state index contributed by atoms with van der Waals surface area (Å²) < 4.78 is 0. The minimum Gasteiger partial charge on any atom is -0.0843 e. The molecule has 2 aromatic rings. The van der Waals surface area contributed by atoms with E-state index in [1.165, 1.54) is 11.1 Å². The third-order valence-electron chi connectivity index (χ3n) is 3.45. The molecule has 0 aliphatic rings. The highest BCUT2D eigenvalue weighted by atomic mass is 35.5. The molecule has 0 saturated carbocycles. The summed E-state index contributed by atoms with van der Waals surface area (Å²) in [5.41, 5.74) is 3.80. The Labute approximate surface area is 125 Å². The third-order valence-corrected chi connectivity index (χ3v) is 4.03. The van der Waals surface area contributed by atoms with Gasteiger partial charge in [-0.15, -0.1) is 0 Å². The van der Waals surface area contributed by atoms with Gasteiger partial charge in [0.05, 0.1) is 0 Å². The molecule has 0 atom stereocenters. The van der Waals surface area contributed by atoms with Crippen molar-refractivity contribution in [3.05, 3.63) is 69.2 Å². The highest BCUT2D eigenvalue weighted by Crippen LogP contribution is 2.31. The first kappa shape index (κ1) is 14.4. The van der Waals surface area contributed by atoms with Gasteiger partial charge < -0.3 is 0 Å².